The number of carbonyl (C=O) groups excluding carboxylic acids is 2. The van der Waals surface area contributed by atoms with E-state index in [1.54, 1.807) is 0 Å². The van der Waals surface area contributed by atoms with E-state index in [9.17, 15) is 14.4 Å². The van der Waals surface area contributed by atoms with Crippen LogP contribution in [0.25, 0.3) is 11.1 Å². The summed E-state index contributed by atoms with van der Waals surface area (Å²) in [5.74, 6) is -1.45. The Hall–Kier alpha value is -3.35. The first-order valence-electron chi connectivity index (χ1n) is 12.2. The highest BCUT2D eigenvalue weighted by Crippen LogP contribution is 2.44. The molecular formula is C28H36N2O5. The highest BCUT2D eigenvalue weighted by atomic mass is 16.5. The molecule has 2 amide bonds. The number of carbonyl (C=O) groups is 3. The van der Waals surface area contributed by atoms with Gasteiger partial charge in [0, 0.05) is 12.0 Å². The zero-order valence-electron chi connectivity index (χ0n) is 21.0. The third-order valence-electron chi connectivity index (χ3n) is 6.40. The van der Waals surface area contributed by atoms with Gasteiger partial charge in [0.15, 0.2) is 0 Å². The van der Waals surface area contributed by atoms with Gasteiger partial charge in [0.1, 0.15) is 12.6 Å². The fraction of sp³-hybridized carbons (Fsp3) is 0.464. The van der Waals surface area contributed by atoms with Gasteiger partial charge in [-0.2, -0.15) is 0 Å². The van der Waals surface area contributed by atoms with Crippen LogP contribution >= 0.6 is 0 Å². The number of benzene rings is 2. The lowest BCUT2D eigenvalue weighted by Gasteiger charge is -2.25. The normalized spacial score (nSPS) is 14.4. The van der Waals surface area contributed by atoms with Gasteiger partial charge < -0.3 is 20.5 Å². The molecule has 0 spiro atoms. The Labute approximate surface area is 207 Å². The summed E-state index contributed by atoms with van der Waals surface area (Å²) >= 11 is 0. The van der Waals surface area contributed by atoms with Gasteiger partial charge >= 0.3 is 12.1 Å². The third-order valence-corrected chi connectivity index (χ3v) is 6.40. The number of rotatable bonds is 10. The van der Waals surface area contributed by atoms with Crippen LogP contribution in [0.2, 0.25) is 0 Å². The molecule has 7 nitrogen and oxygen atoms in total. The van der Waals surface area contributed by atoms with Gasteiger partial charge in [-0.15, -0.1) is 0 Å². The molecule has 2 aromatic rings. The fourth-order valence-electron chi connectivity index (χ4n) is 4.44. The molecule has 2 atom stereocenters. The van der Waals surface area contributed by atoms with E-state index >= 15 is 0 Å². The number of alkyl carbamates (subject to hydrolysis) is 1. The maximum atomic E-state index is 13.0. The van der Waals surface area contributed by atoms with Crippen molar-refractivity contribution in [3.63, 3.8) is 0 Å². The van der Waals surface area contributed by atoms with E-state index in [0.717, 1.165) is 22.3 Å². The molecule has 0 heterocycles. The lowest BCUT2D eigenvalue weighted by atomic mass is 9.88. The van der Waals surface area contributed by atoms with Crippen molar-refractivity contribution in [3.05, 3.63) is 59.7 Å². The molecule has 1 aliphatic carbocycles. The van der Waals surface area contributed by atoms with E-state index in [0.29, 0.717) is 19.3 Å². The molecule has 0 aliphatic heterocycles. The molecule has 0 radical (unpaired) electrons. The summed E-state index contributed by atoms with van der Waals surface area (Å²) in [5, 5.41) is 14.6. The first kappa shape index (κ1) is 26.3. The molecule has 1 unspecified atom stereocenters. The quantitative estimate of drug-likeness (QED) is 0.439. The minimum Gasteiger partial charge on any atom is -0.481 e. The monoisotopic (exact) mass is 480 g/mol. The number of nitrogens with one attached hydrogen (secondary N) is 2. The Morgan fingerprint density at radius 2 is 1.54 bits per heavy atom. The van der Waals surface area contributed by atoms with E-state index in [1.807, 2.05) is 43.3 Å². The Kier molecular flexibility index (Phi) is 8.54. The molecule has 2 aromatic carbocycles. The topological polar surface area (TPSA) is 105 Å². The second kappa shape index (κ2) is 11.4. The van der Waals surface area contributed by atoms with Crippen LogP contribution < -0.4 is 10.6 Å². The predicted molar refractivity (Wildman–Crippen MR) is 135 cm³/mol. The van der Waals surface area contributed by atoms with Crippen LogP contribution in [0.5, 0.6) is 0 Å². The van der Waals surface area contributed by atoms with Crippen molar-refractivity contribution < 1.29 is 24.2 Å². The van der Waals surface area contributed by atoms with Crippen molar-refractivity contribution >= 4 is 18.0 Å². The van der Waals surface area contributed by atoms with Crippen molar-refractivity contribution in [1.29, 1.82) is 0 Å². The summed E-state index contributed by atoms with van der Waals surface area (Å²) in [4.78, 5) is 36.8. The molecule has 0 aromatic heterocycles. The Morgan fingerprint density at radius 3 is 2.06 bits per heavy atom. The zero-order chi connectivity index (χ0) is 25.6. The van der Waals surface area contributed by atoms with E-state index < -0.39 is 30.1 Å². The van der Waals surface area contributed by atoms with Gasteiger partial charge in [-0.25, -0.2) is 4.79 Å². The number of aliphatic carboxylic acids is 1. The number of ether oxygens (including phenoxy) is 1. The second-order valence-corrected chi connectivity index (χ2v) is 10.3. The molecule has 188 valence electrons. The fourth-order valence-corrected chi connectivity index (χ4v) is 4.44. The Balaban J connectivity index is 1.67. The molecule has 0 bridgehead atoms. The first-order valence-corrected chi connectivity index (χ1v) is 12.2. The minimum atomic E-state index is -0.979. The van der Waals surface area contributed by atoms with Crippen molar-refractivity contribution in [2.45, 2.75) is 71.4 Å². The van der Waals surface area contributed by atoms with Gasteiger partial charge in [0.25, 0.3) is 0 Å². The van der Waals surface area contributed by atoms with Crippen molar-refractivity contribution in [2.24, 2.45) is 5.41 Å². The van der Waals surface area contributed by atoms with Crippen LogP contribution in [0.4, 0.5) is 4.79 Å². The predicted octanol–water partition coefficient (Wildman–Crippen LogP) is 5.09. The highest BCUT2D eigenvalue weighted by molar-refractivity contribution is 5.86. The Bertz CT molecular complexity index is 1010. The highest BCUT2D eigenvalue weighted by Gasteiger charge is 2.30. The molecule has 3 N–H and O–H groups in total. The van der Waals surface area contributed by atoms with Crippen molar-refractivity contribution in [3.8, 4) is 11.1 Å². The van der Waals surface area contributed by atoms with Gasteiger partial charge in [-0.05, 0) is 46.9 Å². The van der Waals surface area contributed by atoms with Crippen LogP contribution in [0.1, 0.15) is 70.4 Å². The average Bonchev–Trinajstić information content (AvgIpc) is 3.12. The maximum absolute atomic E-state index is 13.0. The summed E-state index contributed by atoms with van der Waals surface area (Å²) in [6, 6.07) is 14.9. The summed E-state index contributed by atoms with van der Waals surface area (Å²) in [7, 11) is 0. The molecule has 7 heteroatoms. The third kappa shape index (κ3) is 7.07. The number of fused-ring (bicyclic) bond motifs is 3. The SMILES string of the molecule is CC[C@H](CC(=O)O)NC(=O)C(CCC(C)(C)C)NC(=O)OCC1c2ccccc2-c2ccccc21. The molecule has 3 rings (SSSR count). The molecule has 0 saturated heterocycles. The summed E-state index contributed by atoms with van der Waals surface area (Å²) in [5.41, 5.74) is 4.48. The molecular weight excluding hydrogens is 444 g/mol. The van der Waals surface area contributed by atoms with Gasteiger partial charge in [0.2, 0.25) is 5.91 Å². The standard InChI is InChI=1S/C28H36N2O5/c1-5-18(16-25(31)32)29-26(33)24(14-15-28(2,3)4)30-27(34)35-17-23-21-12-8-6-10-19(21)20-11-7-9-13-22(20)23/h6-13,18,23-24H,5,14-17H2,1-4H3,(H,29,33)(H,30,34)(H,31,32)/t18-,24?/m1/s1. The number of hydrogen-bond acceptors (Lipinski definition) is 4. The minimum absolute atomic E-state index is 0.0351. The van der Waals surface area contributed by atoms with Gasteiger partial charge in [-0.1, -0.05) is 76.2 Å². The maximum Gasteiger partial charge on any atom is 0.407 e. The molecule has 0 fully saturated rings. The lowest BCUT2D eigenvalue weighted by Crippen LogP contribution is -2.50. The number of hydrogen-bond donors (Lipinski definition) is 3. The summed E-state index contributed by atoms with van der Waals surface area (Å²) in [6.07, 6.45) is 0.772. The van der Waals surface area contributed by atoms with Crippen LogP contribution in [0.15, 0.2) is 48.5 Å². The zero-order valence-corrected chi connectivity index (χ0v) is 21.0. The number of carboxylic acid groups (broad SMARTS) is 1. The largest absolute Gasteiger partial charge is 0.481 e. The van der Waals surface area contributed by atoms with E-state index in [4.69, 9.17) is 9.84 Å². The van der Waals surface area contributed by atoms with Crippen LogP contribution in [0.3, 0.4) is 0 Å². The van der Waals surface area contributed by atoms with Crippen LogP contribution in [-0.4, -0.2) is 41.8 Å². The van der Waals surface area contributed by atoms with Gasteiger partial charge in [-0.3, -0.25) is 9.59 Å². The van der Waals surface area contributed by atoms with E-state index in [2.05, 4.69) is 43.5 Å². The van der Waals surface area contributed by atoms with Crippen LogP contribution in [-0.2, 0) is 14.3 Å². The average molecular weight is 481 g/mol. The van der Waals surface area contributed by atoms with E-state index in [-0.39, 0.29) is 24.4 Å². The van der Waals surface area contributed by atoms with Crippen LogP contribution in [0, 0.1) is 5.41 Å². The van der Waals surface area contributed by atoms with Crippen molar-refractivity contribution in [2.75, 3.05) is 6.61 Å². The first-order chi connectivity index (χ1) is 16.6. The molecule has 1 aliphatic rings. The second-order valence-electron chi connectivity index (χ2n) is 10.3. The van der Waals surface area contributed by atoms with E-state index in [1.165, 1.54) is 0 Å². The number of amides is 2. The molecule has 35 heavy (non-hydrogen) atoms. The number of carboxylic acids is 1. The summed E-state index contributed by atoms with van der Waals surface area (Å²) < 4.78 is 5.62. The smallest absolute Gasteiger partial charge is 0.407 e. The lowest BCUT2D eigenvalue weighted by molar-refractivity contribution is -0.137. The molecule has 0 saturated carbocycles. The van der Waals surface area contributed by atoms with Crippen molar-refractivity contribution in [1.82, 2.24) is 10.6 Å². The Morgan fingerprint density at radius 1 is 0.971 bits per heavy atom. The summed E-state index contributed by atoms with van der Waals surface area (Å²) in [6.45, 7) is 8.17. The van der Waals surface area contributed by atoms with Gasteiger partial charge in [0.05, 0.1) is 6.42 Å².